The van der Waals surface area contributed by atoms with Crippen LogP contribution in [0.2, 0.25) is 0 Å². The summed E-state index contributed by atoms with van der Waals surface area (Å²) in [4.78, 5) is 11.7. The molecule has 1 aromatic rings. The predicted octanol–water partition coefficient (Wildman–Crippen LogP) is 1.14. The fourth-order valence-corrected chi connectivity index (χ4v) is 3.47. The zero-order valence-electron chi connectivity index (χ0n) is 12.7. The van der Waals surface area contributed by atoms with Crippen LogP contribution >= 0.6 is 0 Å². The highest BCUT2D eigenvalue weighted by atomic mass is 32.2. The van der Waals surface area contributed by atoms with Gasteiger partial charge in [-0.15, -0.1) is 0 Å². The van der Waals surface area contributed by atoms with Crippen LogP contribution in [0.4, 0.5) is 0 Å². The number of sulfonamides is 1. The Morgan fingerprint density at radius 1 is 1.36 bits per heavy atom. The van der Waals surface area contributed by atoms with Crippen molar-refractivity contribution in [1.82, 2.24) is 10.0 Å². The lowest BCUT2D eigenvalue weighted by atomic mass is 10.1. The van der Waals surface area contributed by atoms with Gasteiger partial charge in [-0.2, -0.15) is 0 Å². The fourth-order valence-electron chi connectivity index (χ4n) is 2.43. The Hall–Kier alpha value is -1.44. The van der Waals surface area contributed by atoms with Crippen LogP contribution in [-0.4, -0.2) is 40.6 Å². The molecule has 1 heterocycles. The summed E-state index contributed by atoms with van der Waals surface area (Å²) in [6.07, 6.45) is 1.92. The summed E-state index contributed by atoms with van der Waals surface area (Å²) in [5.74, 6) is 0.0852. The monoisotopic (exact) mass is 326 g/mol. The minimum atomic E-state index is -3.53. The summed E-state index contributed by atoms with van der Waals surface area (Å²) < 4.78 is 31.8. The fraction of sp³-hybridized carbons (Fsp3) is 0.533. The first-order valence-electron chi connectivity index (χ1n) is 7.50. The molecule has 2 N–H and O–H groups in total. The summed E-state index contributed by atoms with van der Waals surface area (Å²) >= 11 is 0. The van der Waals surface area contributed by atoms with Crippen molar-refractivity contribution in [1.29, 1.82) is 0 Å². The molecule has 0 aliphatic carbocycles. The smallest absolute Gasteiger partial charge is 0.338 e. The van der Waals surface area contributed by atoms with Gasteiger partial charge < -0.3 is 10.1 Å². The topological polar surface area (TPSA) is 84.5 Å². The zero-order chi connectivity index (χ0) is 16.0. The molecule has 0 bridgehead atoms. The Morgan fingerprint density at radius 2 is 2.09 bits per heavy atom. The minimum Gasteiger partial charge on any atom is -0.462 e. The molecule has 1 aliphatic rings. The van der Waals surface area contributed by atoms with Crippen molar-refractivity contribution in [2.24, 2.45) is 5.92 Å². The number of hydrogen-bond donors (Lipinski definition) is 2. The Kier molecular flexibility index (Phi) is 5.93. The second kappa shape index (κ2) is 7.71. The molecule has 0 saturated carbocycles. The van der Waals surface area contributed by atoms with Crippen molar-refractivity contribution in [2.75, 3.05) is 26.2 Å². The number of rotatable bonds is 7. The number of carbonyl (C=O) groups is 1. The third kappa shape index (κ3) is 4.53. The van der Waals surface area contributed by atoms with E-state index in [-0.39, 0.29) is 11.5 Å². The second-order valence-corrected chi connectivity index (χ2v) is 7.06. The molecule has 1 atom stereocenters. The Balaban J connectivity index is 1.92. The highest BCUT2D eigenvalue weighted by Gasteiger charge is 2.18. The lowest BCUT2D eigenvalue weighted by Crippen LogP contribution is -2.26. The van der Waals surface area contributed by atoms with Crippen LogP contribution in [0.1, 0.15) is 30.1 Å². The third-order valence-corrected chi connectivity index (χ3v) is 5.16. The van der Waals surface area contributed by atoms with E-state index in [2.05, 4.69) is 10.0 Å². The van der Waals surface area contributed by atoms with Gasteiger partial charge in [-0.1, -0.05) is 0 Å². The summed E-state index contributed by atoms with van der Waals surface area (Å²) in [5.41, 5.74) is 0.345. The predicted molar refractivity (Wildman–Crippen MR) is 83.2 cm³/mol. The molecule has 122 valence electrons. The van der Waals surface area contributed by atoms with E-state index in [9.17, 15) is 13.2 Å². The van der Waals surface area contributed by atoms with E-state index >= 15 is 0 Å². The van der Waals surface area contributed by atoms with Crippen LogP contribution in [0.25, 0.3) is 0 Å². The maximum Gasteiger partial charge on any atom is 0.338 e. The lowest BCUT2D eigenvalue weighted by Gasteiger charge is -2.10. The summed E-state index contributed by atoms with van der Waals surface area (Å²) in [6, 6.07) is 5.78. The highest BCUT2D eigenvalue weighted by molar-refractivity contribution is 7.89. The molecule has 7 heteroatoms. The van der Waals surface area contributed by atoms with Crippen LogP contribution < -0.4 is 10.0 Å². The molecule has 1 fully saturated rings. The van der Waals surface area contributed by atoms with E-state index in [1.807, 2.05) is 0 Å². The lowest BCUT2D eigenvalue weighted by molar-refractivity contribution is 0.0526. The van der Waals surface area contributed by atoms with Gasteiger partial charge in [-0.05, 0) is 63.0 Å². The molecule has 0 aromatic heterocycles. The van der Waals surface area contributed by atoms with Crippen LogP contribution in [0.15, 0.2) is 29.2 Å². The average molecular weight is 326 g/mol. The van der Waals surface area contributed by atoms with Crippen molar-refractivity contribution < 1.29 is 17.9 Å². The van der Waals surface area contributed by atoms with E-state index in [4.69, 9.17) is 4.74 Å². The maximum absolute atomic E-state index is 12.2. The third-order valence-electron chi connectivity index (χ3n) is 3.68. The first kappa shape index (κ1) is 16.9. The standard InChI is InChI=1S/C15H22N2O4S/c1-2-21-15(18)13-3-5-14(6-4-13)22(19,20)17-10-8-12-7-9-16-11-12/h3-6,12,16-17H,2,7-11H2,1H3. The number of ether oxygens (including phenoxy) is 1. The Labute approximate surface area is 131 Å². The van der Waals surface area contributed by atoms with Crippen LogP contribution in [0.3, 0.4) is 0 Å². The second-order valence-electron chi connectivity index (χ2n) is 5.29. The minimum absolute atomic E-state index is 0.157. The molecule has 1 saturated heterocycles. The van der Waals surface area contributed by atoms with Gasteiger partial charge in [0, 0.05) is 6.54 Å². The van der Waals surface area contributed by atoms with Crippen molar-refractivity contribution in [3.05, 3.63) is 29.8 Å². The molecule has 1 aliphatic heterocycles. The van der Waals surface area contributed by atoms with Crippen molar-refractivity contribution in [3.8, 4) is 0 Å². The number of benzene rings is 1. The maximum atomic E-state index is 12.2. The number of carbonyl (C=O) groups excluding carboxylic acids is 1. The van der Waals surface area contributed by atoms with Crippen LogP contribution in [0, 0.1) is 5.92 Å². The Morgan fingerprint density at radius 3 is 2.68 bits per heavy atom. The molecule has 0 spiro atoms. The van der Waals surface area contributed by atoms with Gasteiger partial charge in [0.1, 0.15) is 0 Å². The number of hydrogen-bond acceptors (Lipinski definition) is 5. The average Bonchev–Trinajstić information content (AvgIpc) is 3.01. The van der Waals surface area contributed by atoms with E-state index in [0.29, 0.717) is 18.0 Å². The van der Waals surface area contributed by atoms with E-state index in [1.165, 1.54) is 24.3 Å². The SMILES string of the molecule is CCOC(=O)c1ccc(S(=O)(=O)NCCC2CCNC2)cc1. The van der Waals surface area contributed by atoms with Gasteiger partial charge in [-0.3, -0.25) is 0 Å². The summed E-state index contributed by atoms with van der Waals surface area (Å²) in [5, 5.41) is 3.26. The van der Waals surface area contributed by atoms with Crippen molar-refractivity contribution >= 4 is 16.0 Å². The van der Waals surface area contributed by atoms with Crippen LogP contribution in [0.5, 0.6) is 0 Å². The number of nitrogens with one attached hydrogen (secondary N) is 2. The van der Waals surface area contributed by atoms with Gasteiger partial charge in [0.15, 0.2) is 0 Å². The zero-order valence-corrected chi connectivity index (χ0v) is 13.5. The molecular weight excluding hydrogens is 304 g/mol. The quantitative estimate of drug-likeness (QED) is 0.734. The van der Waals surface area contributed by atoms with Gasteiger partial charge in [0.05, 0.1) is 17.1 Å². The summed E-state index contributed by atoms with van der Waals surface area (Å²) in [7, 11) is -3.53. The molecule has 1 unspecified atom stereocenters. The first-order chi connectivity index (χ1) is 10.5. The van der Waals surface area contributed by atoms with Crippen LogP contribution in [-0.2, 0) is 14.8 Å². The first-order valence-corrected chi connectivity index (χ1v) is 8.99. The molecular formula is C15H22N2O4S. The molecule has 22 heavy (non-hydrogen) atoms. The molecule has 0 radical (unpaired) electrons. The van der Waals surface area contributed by atoms with Gasteiger partial charge in [0.2, 0.25) is 10.0 Å². The number of esters is 1. The Bertz CT molecular complexity index is 592. The van der Waals surface area contributed by atoms with Gasteiger partial charge >= 0.3 is 5.97 Å². The van der Waals surface area contributed by atoms with Crippen molar-refractivity contribution in [2.45, 2.75) is 24.7 Å². The molecule has 0 amide bonds. The summed E-state index contributed by atoms with van der Waals surface area (Å²) in [6.45, 7) is 4.40. The van der Waals surface area contributed by atoms with E-state index in [0.717, 1.165) is 25.9 Å². The largest absolute Gasteiger partial charge is 0.462 e. The van der Waals surface area contributed by atoms with E-state index in [1.54, 1.807) is 6.92 Å². The highest BCUT2D eigenvalue weighted by Crippen LogP contribution is 2.14. The molecule has 1 aromatic carbocycles. The van der Waals surface area contributed by atoms with Gasteiger partial charge in [0.25, 0.3) is 0 Å². The molecule has 2 rings (SSSR count). The van der Waals surface area contributed by atoms with Gasteiger partial charge in [-0.25, -0.2) is 17.9 Å². The normalized spacial score (nSPS) is 18.3. The van der Waals surface area contributed by atoms with E-state index < -0.39 is 16.0 Å². The van der Waals surface area contributed by atoms with Crippen molar-refractivity contribution in [3.63, 3.8) is 0 Å². The molecule has 6 nitrogen and oxygen atoms in total.